The topological polar surface area (TPSA) is 191 Å². The van der Waals surface area contributed by atoms with Crippen LogP contribution < -0.4 is 16.4 Å². The van der Waals surface area contributed by atoms with E-state index in [1.807, 2.05) is 79.2 Å². The van der Waals surface area contributed by atoms with Gasteiger partial charge in [0.05, 0.1) is 42.1 Å². The molecule has 7 rings (SSSR count). The SMILES string of the molecule is COC(=O)N[C@H](C(=O)N1CC2(CC2)C[C@H]1c1nc2ccc(C#Cc3ccc(-c4cnc([C@@H]5CCCN5C(=O)[C@@H](C)CCCCNC(N)=O)[nH]4)cc3)cc2[nH]1)C(C)C. The molecule has 5 amide bonds. The summed E-state index contributed by atoms with van der Waals surface area (Å²) >= 11 is 0. The van der Waals surface area contributed by atoms with Crippen LogP contribution in [-0.4, -0.2) is 86.5 Å². The molecule has 3 fully saturated rings. The van der Waals surface area contributed by atoms with Crippen molar-refractivity contribution in [1.29, 1.82) is 0 Å². The van der Waals surface area contributed by atoms with Crippen LogP contribution in [0.3, 0.4) is 0 Å². The first-order valence-electron chi connectivity index (χ1n) is 20.1. The van der Waals surface area contributed by atoms with Gasteiger partial charge in [0.1, 0.15) is 17.7 Å². The second-order valence-corrected chi connectivity index (χ2v) is 16.3. The standard InChI is InChI=1S/C43H53N9O5/c1-26(2)36(50-42(56)57-4)40(54)52-25-43(18-19-43)23-35(52)38-47-31-17-14-29(22-32(31)48-38)11-10-28-12-15-30(16-13-28)33-24-46-37(49-33)34-9-7-21-51(34)39(53)27(3)8-5-6-20-45-41(44)55/h12-17,22,24,26-27,34-36H,5-9,18-21,23,25H2,1-4H3,(H,46,49)(H,47,48)(H,50,56)(H3,44,45,55)/t27-,34-,35-,36-/m0/s1. The Balaban J connectivity index is 0.990. The van der Waals surface area contributed by atoms with Gasteiger partial charge in [-0.05, 0) is 92.2 Å². The molecule has 0 unspecified atom stereocenters. The molecule has 1 aliphatic carbocycles. The highest BCUT2D eigenvalue weighted by Crippen LogP contribution is 2.58. The summed E-state index contributed by atoms with van der Waals surface area (Å²) in [6, 6.07) is 12.4. The minimum atomic E-state index is -0.692. The number of nitrogens with one attached hydrogen (secondary N) is 4. The van der Waals surface area contributed by atoms with Crippen molar-refractivity contribution in [2.75, 3.05) is 26.7 Å². The molecular weight excluding hydrogens is 723 g/mol. The van der Waals surface area contributed by atoms with E-state index < -0.39 is 18.2 Å². The predicted molar refractivity (Wildman–Crippen MR) is 215 cm³/mol. The number of aromatic nitrogens is 4. The molecule has 57 heavy (non-hydrogen) atoms. The Morgan fingerprint density at radius 2 is 1.72 bits per heavy atom. The monoisotopic (exact) mass is 775 g/mol. The Kier molecular flexibility index (Phi) is 11.6. The molecule has 4 heterocycles. The lowest BCUT2D eigenvalue weighted by Crippen LogP contribution is -2.51. The molecule has 6 N–H and O–H groups in total. The van der Waals surface area contributed by atoms with Gasteiger partial charge in [0, 0.05) is 36.7 Å². The number of amides is 5. The zero-order chi connectivity index (χ0) is 40.3. The van der Waals surface area contributed by atoms with Crippen LogP contribution in [0.15, 0.2) is 48.7 Å². The van der Waals surface area contributed by atoms with Gasteiger partial charge in [-0.25, -0.2) is 19.6 Å². The van der Waals surface area contributed by atoms with E-state index in [2.05, 4.69) is 32.4 Å². The summed E-state index contributed by atoms with van der Waals surface area (Å²) in [6.07, 6.45) is 8.37. The van der Waals surface area contributed by atoms with Gasteiger partial charge in [-0.1, -0.05) is 51.2 Å². The van der Waals surface area contributed by atoms with Gasteiger partial charge in [-0.15, -0.1) is 0 Å². The van der Waals surface area contributed by atoms with E-state index in [-0.39, 0.29) is 41.1 Å². The Bertz CT molecular complexity index is 2180. The highest BCUT2D eigenvalue weighted by atomic mass is 16.5. The zero-order valence-corrected chi connectivity index (χ0v) is 33.2. The van der Waals surface area contributed by atoms with Gasteiger partial charge in [0.15, 0.2) is 0 Å². The fourth-order valence-electron chi connectivity index (χ4n) is 8.25. The van der Waals surface area contributed by atoms with Gasteiger partial charge in [0.25, 0.3) is 0 Å². The van der Waals surface area contributed by atoms with Crippen LogP contribution in [0.2, 0.25) is 0 Å². The molecule has 4 atom stereocenters. The largest absolute Gasteiger partial charge is 0.453 e. The summed E-state index contributed by atoms with van der Waals surface area (Å²) in [4.78, 5) is 70.6. The molecule has 4 aromatic rings. The molecule has 1 spiro atoms. The number of H-pyrrole nitrogens is 2. The predicted octanol–water partition coefficient (Wildman–Crippen LogP) is 5.93. The number of methoxy groups -OCH3 is 1. The van der Waals surface area contributed by atoms with E-state index >= 15 is 0 Å². The van der Waals surface area contributed by atoms with Crippen molar-refractivity contribution in [2.45, 2.75) is 90.3 Å². The van der Waals surface area contributed by atoms with Crippen molar-refractivity contribution in [3.05, 3.63) is 71.4 Å². The van der Waals surface area contributed by atoms with Gasteiger partial charge in [0.2, 0.25) is 11.8 Å². The summed E-state index contributed by atoms with van der Waals surface area (Å²) in [6.45, 7) is 7.69. The minimum absolute atomic E-state index is 0.0827. The van der Waals surface area contributed by atoms with E-state index in [0.29, 0.717) is 19.6 Å². The Labute approximate surface area is 333 Å². The number of unbranched alkanes of at least 4 members (excludes halogenated alkanes) is 1. The van der Waals surface area contributed by atoms with E-state index in [0.717, 1.165) is 96.4 Å². The minimum Gasteiger partial charge on any atom is -0.453 e. The summed E-state index contributed by atoms with van der Waals surface area (Å²) < 4.78 is 4.81. The second kappa shape index (κ2) is 16.7. The number of ether oxygens (including phenoxy) is 1. The maximum absolute atomic E-state index is 13.9. The molecule has 300 valence electrons. The number of rotatable bonds is 12. The number of hydrogen-bond acceptors (Lipinski definition) is 7. The van der Waals surface area contributed by atoms with Crippen molar-refractivity contribution < 1.29 is 23.9 Å². The third-order valence-corrected chi connectivity index (χ3v) is 11.7. The molecule has 2 saturated heterocycles. The van der Waals surface area contributed by atoms with Crippen LogP contribution in [0, 0.1) is 29.1 Å². The molecule has 2 aromatic heterocycles. The Morgan fingerprint density at radius 3 is 2.44 bits per heavy atom. The van der Waals surface area contributed by atoms with Crippen LogP contribution in [0.25, 0.3) is 22.3 Å². The van der Waals surface area contributed by atoms with Crippen molar-refractivity contribution in [3.8, 4) is 23.1 Å². The van der Waals surface area contributed by atoms with Gasteiger partial charge >= 0.3 is 12.1 Å². The van der Waals surface area contributed by atoms with E-state index in [4.69, 9.17) is 20.4 Å². The normalized spacial score (nSPS) is 19.3. The number of aromatic amines is 2. The summed E-state index contributed by atoms with van der Waals surface area (Å²) in [7, 11) is 1.30. The van der Waals surface area contributed by atoms with Crippen LogP contribution in [-0.2, 0) is 14.3 Å². The lowest BCUT2D eigenvalue weighted by molar-refractivity contribution is -0.136. The van der Waals surface area contributed by atoms with Crippen molar-refractivity contribution in [3.63, 3.8) is 0 Å². The molecule has 14 nitrogen and oxygen atoms in total. The lowest BCUT2D eigenvalue weighted by Gasteiger charge is -2.30. The zero-order valence-electron chi connectivity index (χ0n) is 33.2. The molecular formula is C43H53N9O5. The summed E-state index contributed by atoms with van der Waals surface area (Å²) in [5, 5.41) is 5.34. The summed E-state index contributed by atoms with van der Waals surface area (Å²) in [5.74, 6) is 7.91. The number of fused-ring (bicyclic) bond motifs is 1. The highest BCUT2D eigenvalue weighted by Gasteiger charge is 2.55. The molecule has 0 bridgehead atoms. The highest BCUT2D eigenvalue weighted by molar-refractivity contribution is 5.87. The van der Waals surface area contributed by atoms with Crippen molar-refractivity contribution >= 4 is 35.0 Å². The molecule has 2 aliphatic heterocycles. The maximum Gasteiger partial charge on any atom is 0.407 e. The van der Waals surface area contributed by atoms with Gasteiger partial charge in [-0.2, -0.15) is 0 Å². The number of imidazole rings is 2. The number of carbonyl (C=O) groups is 4. The number of likely N-dealkylation sites (tertiary alicyclic amines) is 2. The Hall–Kier alpha value is -5.84. The fraction of sp³-hybridized carbons (Fsp3) is 0.488. The van der Waals surface area contributed by atoms with E-state index in [9.17, 15) is 19.2 Å². The van der Waals surface area contributed by atoms with Gasteiger partial charge in [-0.3, -0.25) is 9.59 Å². The first-order valence-corrected chi connectivity index (χ1v) is 20.1. The third-order valence-electron chi connectivity index (χ3n) is 11.7. The first kappa shape index (κ1) is 39.4. The van der Waals surface area contributed by atoms with E-state index in [1.54, 1.807) is 0 Å². The quantitative estimate of drug-likeness (QED) is 0.0871. The number of hydrogen-bond donors (Lipinski definition) is 5. The van der Waals surface area contributed by atoms with E-state index in [1.165, 1.54) is 7.11 Å². The smallest absolute Gasteiger partial charge is 0.407 e. The number of urea groups is 1. The van der Waals surface area contributed by atoms with Crippen LogP contribution >= 0.6 is 0 Å². The van der Waals surface area contributed by atoms with Crippen LogP contribution in [0.1, 0.15) is 107 Å². The second-order valence-electron chi connectivity index (χ2n) is 16.3. The molecule has 2 aromatic carbocycles. The van der Waals surface area contributed by atoms with Crippen LogP contribution in [0.5, 0.6) is 0 Å². The Morgan fingerprint density at radius 1 is 0.965 bits per heavy atom. The maximum atomic E-state index is 13.9. The molecule has 14 heteroatoms. The number of nitrogens with zero attached hydrogens (tertiary/aromatic N) is 4. The van der Waals surface area contributed by atoms with Gasteiger partial charge < -0.3 is 40.9 Å². The number of alkyl carbamates (subject to hydrolysis) is 1. The third kappa shape index (κ3) is 8.93. The number of primary amides is 1. The molecule has 0 radical (unpaired) electrons. The number of carbonyl (C=O) groups excluding carboxylic acids is 4. The van der Waals surface area contributed by atoms with Crippen molar-refractivity contribution in [1.82, 2.24) is 40.4 Å². The fourth-order valence-corrected chi connectivity index (χ4v) is 8.25. The average Bonchev–Trinajstić information content (AvgIpc) is 3.69. The first-order chi connectivity index (χ1) is 27.4. The number of nitrogens with two attached hydrogens (primary N) is 1. The number of benzene rings is 2. The van der Waals surface area contributed by atoms with Crippen molar-refractivity contribution in [2.24, 2.45) is 23.0 Å². The summed E-state index contributed by atoms with van der Waals surface area (Å²) in [5.41, 5.74) is 10.5. The molecule has 3 aliphatic rings. The lowest BCUT2D eigenvalue weighted by atomic mass is 10.0. The average molecular weight is 776 g/mol. The molecule has 1 saturated carbocycles. The van der Waals surface area contributed by atoms with Crippen LogP contribution in [0.4, 0.5) is 9.59 Å².